The van der Waals surface area contributed by atoms with Gasteiger partial charge in [0.2, 0.25) is 9.84 Å². The smallest absolute Gasteiger partial charge is 0.206 e. The predicted molar refractivity (Wildman–Crippen MR) is 72.6 cm³/mol. The lowest BCUT2D eigenvalue weighted by Crippen LogP contribution is -2.03. The highest BCUT2D eigenvalue weighted by Gasteiger charge is 2.17. The molecule has 0 aliphatic carbocycles. The molecule has 3 nitrogen and oxygen atoms in total. The van der Waals surface area contributed by atoms with Crippen molar-refractivity contribution in [2.45, 2.75) is 16.7 Å². The average molecular weight is 261 g/mol. The van der Waals surface area contributed by atoms with Crippen molar-refractivity contribution >= 4 is 15.5 Å². The number of benzene rings is 2. The topological polar surface area (TPSA) is 46.2 Å². The van der Waals surface area contributed by atoms with Gasteiger partial charge in [0.15, 0.2) is 0 Å². The molecule has 0 spiro atoms. The lowest BCUT2D eigenvalue weighted by molar-refractivity contribution is 0.596. The normalized spacial score (nSPS) is 11.2. The van der Waals surface area contributed by atoms with Crippen molar-refractivity contribution in [3.05, 3.63) is 54.1 Å². The molecule has 0 heterocycles. The van der Waals surface area contributed by atoms with Crippen LogP contribution in [0, 0.1) is 6.92 Å². The summed E-state index contributed by atoms with van der Waals surface area (Å²) in [5.41, 5.74) is 1.71. The molecule has 0 aromatic heterocycles. The highest BCUT2D eigenvalue weighted by molar-refractivity contribution is 7.91. The Morgan fingerprint density at radius 1 is 0.944 bits per heavy atom. The molecule has 0 saturated carbocycles. The summed E-state index contributed by atoms with van der Waals surface area (Å²) in [5.74, 6) is 0. The first-order chi connectivity index (χ1) is 8.54. The van der Waals surface area contributed by atoms with Crippen LogP contribution >= 0.6 is 0 Å². The highest BCUT2D eigenvalue weighted by atomic mass is 32.2. The van der Waals surface area contributed by atoms with E-state index < -0.39 is 9.84 Å². The van der Waals surface area contributed by atoms with Gasteiger partial charge in [-0.05, 0) is 42.8 Å². The van der Waals surface area contributed by atoms with Gasteiger partial charge in [-0.15, -0.1) is 0 Å². The third kappa shape index (κ3) is 2.38. The van der Waals surface area contributed by atoms with Crippen molar-refractivity contribution in [2.75, 3.05) is 12.4 Å². The van der Waals surface area contributed by atoms with Crippen LogP contribution in [-0.4, -0.2) is 15.5 Å². The van der Waals surface area contributed by atoms with E-state index in [0.717, 1.165) is 11.3 Å². The minimum atomic E-state index is -3.43. The van der Waals surface area contributed by atoms with E-state index in [1.54, 1.807) is 43.4 Å². The van der Waals surface area contributed by atoms with Crippen molar-refractivity contribution < 1.29 is 8.42 Å². The van der Waals surface area contributed by atoms with E-state index >= 15 is 0 Å². The van der Waals surface area contributed by atoms with Crippen LogP contribution in [0.4, 0.5) is 5.69 Å². The number of sulfone groups is 1. The standard InChI is InChI=1S/C14H15NO2S/c1-11-5-3-7-13(9-11)18(16,17)14-8-4-6-12(10-14)15-2/h3-10,15H,1-2H3. The largest absolute Gasteiger partial charge is 0.388 e. The Labute approximate surface area is 107 Å². The third-order valence-corrected chi connectivity index (χ3v) is 4.48. The molecule has 2 aromatic rings. The molecule has 1 N–H and O–H groups in total. The maximum Gasteiger partial charge on any atom is 0.206 e. The van der Waals surface area contributed by atoms with Gasteiger partial charge in [0.25, 0.3) is 0 Å². The van der Waals surface area contributed by atoms with E-state index in [0.29, 0.717) is 9.79 Å². The van der Waals surface area contributed by atoms with Crippen LogP contribution in [0.1, 0.15) is 5.56 Å². The number of hydrogen-bond acceptors (Lipinski definition) is 3. The lowest BCUT2D eigenvalue weighted by Gasteiger charge is -2.07. The maximum absolute atomic E-state index is 12.4. The van der Waals surface area contributed by atoms with Gasteiger partial charge in [-0.25, -0.2) is 8.42 Å². The number of anilines is 1. The Morgan fingerprint density at radius 2 is 1.56 bits per heavy atom. The lowest BCUT2D eigenvalue weighted by atomic mass is 10.2. The maximum atomic E-state index is 12.4. The summed E-state index contributed by atoms with van der Waals surface area (Å²) in [6.45, 7) is 1.88. The summed E-state index contributed by atoms with van der Waals surface area (Å²) in [6, 6.07) is 13.7. The average Bonchev–Trinajstić information content (AvgIpc) is 2.39. The second-order valence-electron chi connectivity index (χ2n) is 4.10. The van der Waals surface area contributed by atoms with E-state index in [1.807, 2.05) is 19.1 Å². The van der Waals surface area contributed by atoms with Crippen molar-refractivity contribution in [1.29, 1.82) is 0 Å². The first-order valence-electron chi connectivity index (χ1n) is 5.63. The zero-order valence-corrected chi connectivity index (χ0v) is 11.2. The molecule has 0 saturated heterocycles. The fourth-order valence-electron chi connectivity index (χ4n) is 1.74. The van der Waals surface area contributed by atoms with Crippen molar-refractivity contribution in [2.24, 2.45) is 0 Å². The monoisotopic (exact) mass is 261 g/mol. The number of rotatable bonds is 3. The molecular weight excluding hydrogens is 246 g/mol. The molecule has 0 aliphatic rings. The summed E-state index contributed by atoms with van der Waals surface area (Å²) < 4.78 is 24.9. The Morgan fingerprint density at radius 3 is 2.17 bits per heavy atom. The first-order valence-corrected chi connectivity index (χ1v) is 7.12. The molecule has 0 bridgehead atoms. The fraction of sp³-hybridized carbons (Fsp3) is 0.143. The van der Waals surface area contributed by atoms with E-state index in [2.05, 4.69) is 5.32 Å². The summed E-state index contributed by atoms with van der Waals surface area (Å²) in [5, 5.41) is 2.94. The van der Waals surface area contributed by atoms with Crippen LogP contribution in [0.3, 0.4) is 0 Å². The molecule has 2 aromatic carbocycles. The number of aryl methyl sites for hydroxylation is 1. The fourth-order valence-corrected chi connectivity index (χ4v) is 3.15. The molecule has 0 aliphatic heterocycles. The van der Waals surface area contributed by atoms with E-state index in [4.69, 9.17) is 0 Å². The quantitative estimate of drug-likeness (QED) is 0.924. The zero-order chi connectivity index (χ0) is 13.2. The molecule has 0 radical (unpaired) electrons. The molecule has 0 unspecified atom stereocenters. The van der Waals surface area contributed by atoms with Crippen LogP contribution in [0.25, 0.3) is 0 Å². The summed E-state index contributed by atoms with van der Waals surface area (Å²) in [7, 11) is -1.67. The minimum Gasteiger partial charge on any atom is -0.388 e. The third-order valence-electron chi connectivity index (χ3n) is 2.73. The van der Waals surface area contributed by atoms with E-state index in [9.17, 15) is 8.42 Å². The van der Waals surface area contributed by atoms with Crippen LogP contribution in [0.2, 0.25) is 0 Å². The van der Waals surface area contributed by atoms with Gasteiger partial charge in [-0.1, -0.05) is 18.2 Å². The highest BCUT2D eigenvalue weighted by Crippen LogP contribution is 2.23. The summed E-state index contributed by atoms with van der Waals surface area (Å²) in [6.07, 6.45) is 0. The van der Waals surface area contributed by atoms with Gasteiger partial charge < -0.3 is 5.32 Å². The Kier molecular flexibility index (Phi) is 3.39. The van der Waals surface area contributed by atoms with Gasteiger partial charge >= 0.3 is 0 Å². The number of nitrogens with one attached hydrogen (secondary N) is 1. The van der Waals surface area contributed by atoms with Crippen LogP contribution in [-0.2, 0) is 9.84 Å². The summed E-state index contributed by atoms with van der Waals surface area (Å²) in [4.78, 5) is 0.635. The molecule has 0 amide bonds. The second kappa shape index (κ2) is 4.82. The van der Waals surface area contributed by atoms with E-state index in [-0.39, 0.29) is 0 Å². The van der Waals surface area contributed by atoms with Crippen molar-refractivity contribution in [3.63, 3.8) is 0 Å². The zero-order valence-electron chi connectivity index (χ0n) is 10.3. The molecule has 18 heavy (non-hydrogen) atoms. The predicted octanol–water partition coefficient (Wildman–Crippen LogP) is 2.87. The molecule has 0 fully saturated rings. The molecule has 0 atom stereocenters. The van der Waals surface area contributed by atoms with Gasteiger partial charge in [0.05, 0.1) is 9.79 Å². The Hall–Kier alpha value is -1.81. The Bertz CT molecular complexity index is 663. The van der Waals surface area contributed by atoms with Gasteiger partial charge in [-0.2, -0.15) is 0 Å². The summed E-state index contributed by atoms with van der Waals surface area (Å²) >= 11 is 0. The first kappa shape index (κ1) is 12.6. The minimum absolute atomic E-state index is 0.306. The van der Waals surface area contributed by atoms with Gasteiger partial charge in [-0.3, -0.25) is 0 Å². The number of hydrogen-bond donors (Lipinski definition) is 1. The van der Waals surface area contributed by atoms with Crippen molar-refractivity contribution in [1.82, 2.24) is 0 Å². The van der Waals surface area contributed by atoms with Crippen molar-refractivity contribution in [3.8, 4) is 0 Å². The van der Waals surface area contributed by atoms with E-state index in [1.165, 1.54) is 0 Å². The second-order valence-corrected chi connectivity index (χ2v) is 6.05. The van der Waals surface area contributed by atoms with Gasteiger partial charge in [0.1, 0.15) is 0 Å². The van der Waals surface area contributed by atoms with Crippen LogP contribution in [0.15, 0.2) is 58.3 Å². The van der Waals surface area contributed by atoms with Gasteiger partial charge in [0, 0.05) is 12.7 Å². The molecule has 2 rings (SSSR count). The molecule has 94 valence electrons. The SMILES string of the molecule is CNc1cccc(S(=O)(=O)c2cccc(C)c2)c1. The van der Waals surface area contributed by atoms with Crippen LogP contribution < -0.4 is 5.32 Å². The molecular formula is C14H15NO2S. The molecule has 4 heteroatoms. The van der Waals surface area contributed by atoms with Crippen LogP contribution in [0.5, 0.6) is 0 Å². The Balaban J connectivity index is 2.54.